The molecule has 0 fully saturated rings. The predicted molar refractivity (Wildman–Crippen MR) is 93.0 cm³/mol. The fraction of sp³-hybridized carbons (Fsp3) is 0.125. The van der Waals surface area contributed by atoms with E-state index in [1.807, 2.05) is 6.07 Å². The molecule has 0 aliphatic heterocycles. The molecule has 124 valence electrons. The van der Waals surface area contributed by atoms with Gasteiger partial charge in [-0.25, -0.2) is 5.43 Å². The second-order valence-electron chi connectivity index (χ2n) is 4.58. The predicted octanol–water partition coefficient (Wildman–Crippen LogP) is 1.73. The van der Waals surface area contributed by atoms with Crippen molar-refractivity contribution in [3.63, 3.8) is 0 Å². The zero-order chi connectivity index (χ0) is 17.4. The smallest absolute Gasteiger partial charge is 0.270 e. The molecule has 0 atom stereocenters. The summed E-state index contributed by atoms with van der Waals surface area (Å²) in [6, 6.07) is 10.4. The lowest BCUT2D eigenvalue weighted by Crippen LogP contribution is -2.35. The Balaban J connectivity index is 1.85. The number of hydrazone groups is 1. The first-order chi connectivity index (χ1) is 11.6. The van der Waals surface area contributed by atoms with Gasteiger partial charge in [0.15, 0.2) is 0 Å². The van der Waals surface area contributed by atoms with E-state index in [4.69, 9.17) is 4.74 Å². The van der Waals surface area contributed by atoms with Gasteiger partial charge in [-0.15, -0.1) is 0 Å². The van der Waals surface area contributed by atoms with Gasteiger partial charge in [-0.1, -0.05) is 22.0 Å². The highest BCUT2D eigenvalue weighted by Gasteiger charge is 2.08. The Morgan fingerprint density at radius 2 is 2.17 bits per heavy atom. The number of aromatic nitrogens is 1. The highest BCUT2D eigenvalue weighted by molar-refractivity contribution is 9.10. The van der Waals surface area contributed by atoms with Gasteiger partial charge in [-0.2, -0.15) is 5.10 Å². The third-order valence-electron chi connectivity index (χ3n) is 2.89. The van der Waals surface area contributed by atoms with Crippen molar-refractivity contribution in [3.8, 4) is 5.75 Å². The van der Waals surface area contributed by atoms with Gasteiger partial charge in [0.05, 0.1) is 19.9 Å². The molecule has 0 aliphatic rings. The van der Waals surface area contributed by atoms with Gasteiger partial charge in [0.25, 0.3) is 11.8 Å². The standard InChI is InChI=1S/C16H15BrN4O3/c1-24-14-6-5-12(17)8-11(14)9-20-21-15(22)10-19-16(23)13-4-2-3-7-18-13/h2-9H,10H2,1H3,(H,19,23)(H,21,22)/b20-9-. The summed E-state index contributed by atoms with van der Waals surface area (Å²) in [6.45, 7) is -0.206. The van der Waals surface area contributed by atoms with E-state index in [2.05, 4.69) is 36.8 Å². The van der Waals surface area contributed by atoms with Crippen molar-refractivity contribution >= 4 is 34.0 Å². The van der Waals surface area contributed by atoms with Crippen molar-refractivity contribution in [1.29, 1.82) is 0 Å². The van der Waals surface area contributed by atoms with Crippen LogP contribution in [-0.4, -0.2) is 36.7 Å². The number of amides is 2. The summed E-state index contributed by atoms with van der Waals surface area (Å²) in [6.07, 6.45) is 2.97. The van der Waals surface area contributed by atoms with E-state index in [1.54, 1.807) is 37.4 Å². The first-order valence-corrected chi connectivity index (χ1v) is 7.74. The molecule has 2 rings (SSSR count). The first-order valence-electron chi connectivity index (χ1n) is 6.95. The lowest BCUT2D eigenvalue weighted by molar-refractivity contribution is -0.120. The molecule has 0 bridgehead atoms. The van der Waals surface area contributed by atoms with Crippen molar-refractivity contribution in [2.75, 3.05) is 13.7 Å². The summed E-state index contributed by atoms with van der Waals surface area (Å²) in [5.74, 6) is -0.257. The molecular weight excluding hydrogens is 376 g/mol. The largest absolute Gasteiger partial charge is 0.496 e. The minimum Gasteiger partial charge on any atom is -0.496 e. The maximum absolute atomic E-state index is 11.8. The highest BCUT2D eigenvalue weighted by Crippen LogP contribution is 2.21. The van der Waals surface area contributed by atoms with Crippen LogP contribution < -0.4 is 15.5 Å². The van der Waals surface area contributed by atoms with Crippen molar-refractivity contribution < 1.29 is 14.3 Å². The Morgan fingerprint density at radius 3 is 2.88 bits per heavy atom. The third kappa shape index (κ3) is 5.17. The van der Waals surface area contributed by atoms with Gasteiger partial charge in [-0.3, -0.25) is 14.6 Å². The van der Waals surface area contributed by atoms with Crippen molar-refractivity contribution in [1.82, 2.24) is 15.7 Å². The Morgan fingerprint density at radius 1 is 1.33 bits per heavy atom. The third-order valence-corrected chi connectivity index (χ3v) is 3.38. The number of hydrogen-bond acceptors (Lipinski definition) is 5. The van der Waals surface area contributed by atoms with Crippen molar-refractivity contribution in [2.24, 2.45) is 5.10 Å². The van der Waals surface area contributed by atoms with Gasteiger partial charge in [0.1, 0.15) is 11.4 Å². The lowest BCUT2D eigenvalue weighted by Gasteiger charge is -2.05. The molecule has 7 nitrogen and oxygen atoms in total. The average Bonchev–Trinajstić information content (AvgIpc) is 2.60. The molecular formula is C16H15BrN4O3. The lowest BCUT2D eigenvalue weighted by atomic mass is 10.2. The number of ether oxygens (including phenoxy) is 1. The monoisotopic (exact) mass is 390 g/mol. The Bertz CT molecular complexity index is 750. The van der Waals surface area contributed by atoms with Crippen LogP contribution in [-0.2, 0) is 4.79 Å². The van der Waals surface area contributed by atoms with Crippen LogP contribution in [0.2, 0.25) is 0 Å². The van der Waals surface area contributed by atoms with E-state index >= 15 is 0 Å². The molecule has 0 saturated carbocycles. The molecule has 24 heavy (non-hydrogen) atoms. The molecule has 0 spiro atoms. The molecule has 0 aliphatic carbocycles. The first kappa shape index (κ1) is 17.6. The van der Waals surface area contributed by atoms with Crippen LogP contribution in [0.5, 0.6) is 5.75 Å². The second kappa shape index (κ2) is 8.78. The van der Waals surface area contributed by atoms with Gasteiger partial charge in [-0.05, 0) is 30.3 Å². The number of halogens is 1. The summed E-state index contributed by atoms with van der Waals surface area (Å²) in [5.41, 5.74) is 3.28. The van der Waals surface area contributed by atoms with E-state index in [9.17, 15) is 9.59 Å². The zero-order valence-corrected chi connectivity index (χ0v) is 14.4. The van der Waals surface area contributed by atoms with E-state index in [1.165, 1.54) is 12.4 Å². The Kier molecular flexibility index (Phi) is 6.44. The number of hydrogen-bond donors (Lipinski definition) is 2. The number of rotatable bonds is 6. The molecule has 1 aromatic carbocycles. The van der Waals surface area contributed by atoms with E-state index in [0.29, 0.717) is 11.3 Å². The molecule has 1 heterocycles. The van der Waals surface area contributed by atoms with Crippen LogP contribution in [0.15, 0.2) is 52.2 Å². The fourth-order valence-corrected chi connectivity index (χ4v) is 2.15. The summed E-state index contributed by atoms with van der Waals surface area (Å²) in [5, 5.41) is 6.31. The Hall–Kier alpha value is -2.74. The molecule has 2 N–H and O–H groups in total. The quantitative estimate of drug-likeness (QED) is 0.580. The van der Waals surface area contributed by atoms with E-state index < -0.39 is 11.8 Å². The average molecular weight is 391 g/mol. The number of pyridine rings is 1. The maximum Gasteiger partial charge on any atom is 0.270 e. The van der Waals surface area contributed by atoms with Gasteiger partial charge < -0.3 is 10.1 Å². The molecule has 0 radical (unpaired) electrons. The normalized spacial score (nSPS) is 10.4. The number of benzene rings is 1. The maximum atomic E-state index is 11.8. The van der Waals surface area contributed by atoms with Crippen LogP contribution in [0.1, 0.15) is 16.1 Å². The zero-order valence-electron chi connectivity index (χ0n) is 12.8. The summed E-state index contributed by atoms with van der Waals surface area (Å²) < 4.78 is 6.06. The molecule has 1 aromatic heterocycles. The summed E-state index contributed by atoms with van der Waals surface area (Å²) >= 11 is 3.35. The SMILES string of the molecule is COc1ccc(Br)cc1/C=N\NC(=O)CNC(=O)c1ccccn1. The topological polar surface area (TPSA) is 92.7 Å². The molecule has 8 heteroatoms. The number of carbonyl (C=O) groups is 2. The molecule has 0 saturated heterocycles. The minimum absolute atomic E-state index is 0.206. The molecule has 2 aromatic rings. The van der Waals surface area contributed by atoms with Crippen molar-refractivity contribution in [2.45, 2.75) is 0 Å². The van der Waals surface area contributed by atoms with Gasteiger partial charge in [0.2, 0.25) is 0 Å². The number of nitrogens with zero attached hydrogens (tertiary/aromatic N) is 2. The minimum atomic E-state index is -0.454. The number of methoxy groups -OCH3 is 1. The highest BCUT2D eigenvalue weighted by atomic mass is 79.9. The summed E-state index contributed by atoms with van der Waals surface area (Å²) in [7, 11) is 1.55. The molecule has 2 amide bonds. The van der Waals surface area contributed by atoms with Gasteiger partial charge in [0, 0.05) is 16.2 Å². The van der Waals surface area contributed by atoms with Crippen LogP contribution in [0, 0.1) is 0 Å². The number of carbonyl (C=O) groups excluding carboxylic acids is 2. The second-order valence-corrected chi connectivity index (χ2v) is 5.49. The van der Waals surface area contributed by atoms with Crippen LogP contribution >= 0.6 is 15.9 Å². The van der Waals surface area contributed by atoms with Crippen LogP contribution in [0.3, 0.4) is 0 Å². The van der Waals surface area contributed by atoms with E-state index in [-0.39, 0.29) is 12.2 Å². The van der Waals surface area contributed by atoms with Crippen molar-refractivity contribution in [3.05, 3.63) is 58.3 Å². The number of nitrogens with one attached hydrogen (secondary N) is 2. The molecule has 0 unspecified atom stereocenters. The van der Waals surface area contributed by atoms with Gasteiger partial charge >= 0.3 is 0 Å². The fourth-order valence-electron chi connectivity index (χ4n) is 1.77. The summed E-state index contributed by atoms with van der Waals surface area (Å²) in [4.78, 5) is 27.3. The van der Waals surface area contributed by atoms with Crippen LogP contribution in [0.25, 0.3) is 0 Å². The Labute approximate surface area is 147 Å². The van der Waals surface area contributed by atoms with Crippen LogP contribution in [0.4, 0.5) is 0 Å². The van der Waals surface area contributed by atoms with E-state index in [0.717, 1.165) is 4.47 Å².